The fourth-order valence-electron chi connectivity index (χ4n) is 10.0. The van der Waals surface area contributed by atoms with Crippen molar-refractivity contribution in [3.63, 3.8) is 0 Å². The van der Waals surface area contributed by atoms with E-state index in [-0.39, 0.29) is 11.0 Å². The van der Waals surface area contributed by atoms with E-state index in [2.05, 4.69) is 172 Å². The summed E-state index contributed by atoms with van der Waals surface area (Å²) in [6.07, 6.45) is 7.82. The molecule has 0 spiro atoms. The lowest BCUT2D eigenvalue weighted by atomic mass is 9.58. The number of benzene rings is 4. The van der Waals surface area contributed by atoms with Crippen LogP contribution in [-0.4, -0.2) is 4.57 Å². The van der Waals surface area contributed by atoms with Gasteiger partial charge in [-0.3, -0.25) is 0 Å². The molecule has 3 atom stereocenters. The van der Waals surface area contributed by atoms with E-state index in [4.69, 9.17) is 0 Å². The first-order valence-corrected chi connectivity index (χ1v) is 18.6. The van der Waals surface area contributed by atoms with Gasteiger partial charge in [0.05, 0.1) is 23.6 Å². The predicted molar refractivity (Wildman–Crippen MR) is 202 cm³/mol. The molecule has 2 aliphatic rings. The molecular formula is C46H51N3+2. The van der Waals surface area contributed by atoms with Crippen molar-refractivity contribution in [2.45, 2.75) is 96.4 Å². The highest BCUT2D eigenvalue weighted by Crippen LogP contribution is 2.52. The van der Waals surface area contributed by atoms with E-state index in [0.29, 0.717) is 11.8 Å². The molecule has 0 amide bonds. The van der Waals surface area contributed by atoms with Gasteiger partial charge in [0, 0.05) is 47.6 Å². The molecule has 3 nitrogen and oxygen atoms in total. The fourth-order valence-corrected chi connectivity index (χ4v) is 10.0. The lowest BCUT2D eigenvalue weighted by Crippen LogP contribution is -2.69. The Balaban J connectivity index is 1.24. The van der Waals surface area contributed by atoms with Crippen molar-refractivity contribution in [3.05, 3.63) is 137 Å². The second kappa shape index (κ2) is 11.8. The van der Waals surface area contributed by atoms with E-state index in [1.165, 1.54) is 67.2 Å². The Morgan fingerprint density at radius 3 is 2.27 bits per heavy atom. The molecule has 4 aromatic carbocycles. The summed E-state index contributed by atoms with van der Waals surface area (Å²) in [6.45, 7) is 14.4. The van der Waals surface area contributed by atoms with E-state index < -0.39 is 0 Å². The molecular weight excluding hydrogens is 595 g/mol. The molecule has 0 N–H and O–H groups in total. The molecule has 3 heteroatoms. The van der Waals surface area contributed by atoms with Gasteiger partial charge in [0.25, 0.3) is 5.82 Å². The molecule has 3 unspecified atom stereocenters. The number of para-hydroxylation sites is 2. The molecule has 0 saturated carbocycles. The summed E-state index contributed by atoms with van der Waals surface area (Å²) in [5.74, 6) is 2.06. The van der Waals surface area contributed by atoms with Gasteiger partial charge in [-0.2, -0.15) is 9.13 Å². The van der Waals surface area contributed by atoms with Gasteiger partial charge in [0.1, 0.15) is 5.69 Å². The van der Waals surface area contributed by atoms with Crippen LogP contribution in [0.1, 0.15) is 107 Å². The molecule has 0 saturated heterocycles. The van der Waals surface area contributed by atoms with Gasteiger partial charge >= 0.3 is 0 Å². The standard InChI is InChI=1S/C46H51N3/c1-8-45(6)39-26-13-12-22-38(39)40-27-14-15-30-48(40)46(45,9-2)29-18-20-33-19-10-11-21-37(33)44-47(7)41-28-17-25-36-32(5)35-24-16-23-34(31(3)4)42(35)49(44)43(36)41/h10-17,19,21-28,30-32H,8-9,18,20,29H2,1-7H3/q+2. The molecule has 0 radical (unpaired) electrons. The Morgan fingerprint density at radius 1 is 0.776 bits per heavy atom. The minimum Gasteiger partial charge on any atom is -0.225 e. The van der Waals surface area contributed by atoms with Crippen molar-refractivity contribution in [2.75, 3.05) is 0 Å². The molecule has 0 aliphatic carbocycles. The van der Waals surface area contributed by atoms with Gasteiger partial charge in [-0.05, 0) is 67.5 Å². The Kier molecular flexibility index (Phi) is 7.66. The van der Waals surface area contributed by atoms with E-state index in [1.54, 1.807) is 0 Å². The summed E-state index contributed by atoms with van der Waals surface area (Å²) in [5.41, 5.74) is 15.3. The normalized spacial score (nSPS) is 20.7. The lowest BCUT2D eigenvalue weighted by molar-refractivity contribution is -0.770. The Bertz CT molecular complexity index is 2220. The van der Waals surface area contributed by atoms with Gasteiger partial charge in [-0.15, -0.1) is 0 Å². The maximum absolute atomic E-state index is 2.65. The summed E-state index contributed by atoms with van der Waals surface area (Å²) in [7, 11) is 2.27. The second-order valence-corrected chi connectivity index (χ2v) is 15.2. The van der Waals surface area contributed by atoms with Crippen LogP contribution in [0.15, 0.2) is 109 Å². The Hall–Kier alpha value is -4.50. The maximum atomic E-state index is 2.65. The zero-order valence-corrected chi connectivity index (χ0v) is 30.4. The van der Waals surface area contributed by atoms with Gasteiger partial charge in [0.15, 0.2) is 22.8 Å². The fraction of sp³-hybridized carbons (Fsp3) is 0.348. The maximum Gasteiger partial charge on any atom is 0.295 e. The smallest absolute Gasteiger partial charge is 0.225 e. The van der Waals surface area contributed by atoms with E-state index in [9.17, 15) is 0 Å². The molecule has 0 fully saturated rings. The number of rotatable bonds is 8. The summed E-state index contributed by atoms with van der Waals surface area (Å²) < 4.78 is 7.74. The number of nitrogens with zero attached hydrogens (tertiary/aromatic N) is 3. The van der Waals surface area contributed by atoms with E-state index in [0.717, 1.165) is 32.1 Å². The van der Waals surface area contributed by atoms with Crippen molar-refractivity contribution < 1.29 is 9.13 Å². The summed E-state index contributed by atoms with van der Waals surface area (Å²) in [4.78, 5) is 0. The van der Waals surface area contributed by atoms with Crippen molar-refractivity contribution >= 4 is 11.0 Å². The number of fused-ring (bicyclic) bond motifs is 5. The first-order chi connectivity index (χ1) is 23.8. The van der Waals surface area contributed by atoms with Crippen molar-refractivity contribution in [1.29, 1.82) is 0 Å². The van der Waals surface area contributed by atoms with Crippen LogP contribution in [0, 0.1) is 0 Å². The number of hydrogen-bond acceptors (Lipinski definition) is 0. The van der Waals surface area contributed by atoms with Crippen LogP contribution in [0.5, 0.6) is 0 Å². The van der Waals surface area contributed by atoms with E-state index in [1.807, 2.05) is 0 Å². The first-order valence-electron chi connectivity index (χ1n) is 18.6. The third kappa shape index (κ3) is 4.40. The van der Waals surface area contributed by atoms with Gasteiger partial charge < -0.3 is 0 Å². The SMILES string of the molecule is CCC1(C)c2ccccc2-c2cccc[n+]2C1(CC)CCCc1ccccc1-c1n(C)c2cccc3c2[n+]1-c1c(C(C)C)cccc1C3C. The molecule has 49 heavy (non-hydrogen) atoms. The van der Waals surface area contributed by atoms with Crippen LogP contribution in [-0.2, 0) is 24.4 Å². The molecule has 2 aliphatic heterocycles. The zero-order chi connectivity index (χ0) is 34.1. The van der Waals surface area contributed by atoms with Crippen LogP contribution >= 0.6 is 0 Å². The molecule has 248 valence electrons. The zero-order valence-electron chi connectivity index (χ0n) is 30.4. The highest BCUT2D eigenvalue weighted by molar-refractivity contribution is 5.83. The van der Waals surface area contributed by atoms with Crippen molar-refractivity contribution in [1.82, 2.24) is 4.57 Å². The third-order valence-electron chi connectivity index (χ3n) is 12.8. The topological polar surface area (TPSA) is 12.7 Å². The Morgan fingerprint density at radius 2 is 1.49 bits per heavy atom. The van der Waals surface area contributed by atoms with Crippen LogP contribution < -0.4 is 9.13 Å². The quantitative estimate of drug-likeness (QED) is 0.146. The highest BCUT2D eigenvalue weighted by atomic mass is 15.2. The highest BCUT2D eigenvalue weighted by Gasteiger charge is 2.58. The second-order valence-electron chi connectivity index (χ2n) is 15.2. The molecule has 4 heterocycles. The van der Waals surface area contributed by atoms with Gasteiger partial charge in [-0.25, -0.2) is 4.57 Å². The van der Waals surface area contributed by atoms with Gasteiger partial charge in [0.2, 0.25) is 5.69 Å². The van der Waals surface area contributed by atoms with Gasteiger partial charge in [-0.1, -0.05) is 101 Å². The summed E-state index contributed by atoms with van der Waals surface area (Å²) in [6, 6.07) is 39.0. The monoisotopic (exact) mass is 645 g/mol. The first kappa shape index (κ1) is 31.7. The minimum atomic E-state index is -0.0157. The average Bonchev–Trinajstić information content (AvgIpc) is 3.43. The molecule has 6 aromatic rings. The summed E-state index contributed by atoms with van der Waals surface area (Å²) >= 11 is 0. The Labute approximate surface area is 292 Å². The lowest BCUT2D eigenvalue weighted by Gasteiger charge is -2.48. The number of aryl methyl sites for hydroxylation is 2. The minimum absolute atomic E-state index is 0.0157. The van der Waals surface area contributed by atoms with Crippen molar-refractivity contribution in [2.24, 2.45) is 7.05 Å². The number of imidazole rings is 1. The molecule has 0 bridgehead atoms. The van der Waals surface area contributed by atoms with Crippen molar-refractivity contribution in [3.8, 4) is 28.3 Å². The average molecular weight is 646 g/mol. The van der Waals surface area contributed by atoms with Crippen LogP contribution in [0.3, 0.4) is 0 Å². The predicted octanol–water partition coefficient (Wildman–Crippen LogP) is 10.5. The third-order valence-corrected chi connectivity index (χ3v) is 12.8. The van der Waals surface area contributed by atoms with Crippen LogP contribution in [0.4, 0.5) is 0 Å². The van der Waals surface area contributed by atoms with Crippen LogP contribution in [0.2, 0.25) is 0 Å². The number of aromatic nitrogens is 3. The molecule has 2 aromatic heterocycles. The summed E-state index contributed by atoms with van der Waals surface area (Å²) in [5, 5.41) is 0. The number of hydrogen-bond donors (Lipinski definition) is 0. The van der Waals surface area contributed by atoms with Crippen LogP contribution in [0.25, 0.3) is 39.4 Å². The molecule has 8 rings (SSSR count). The van der Waals surface area contributed by atoms with E-state index >= 15 is 0 Å². The largest absolute Gasteiger partial charge is 0.295 e. The number of pyridine rings is 1.